The highest BCUT2D eigenvalue weighted by molar-refractivity contribution is 9.10. The monoisotopic (exact) mass is 502 g/mol. The van der Waals surface area contributed by atoms with E-state index in [9.17, 15) is 4.79 Å². The molecular weight excluding hydrogens is 476 g/mol. The number of aryl methyl sites for hydroxylation is 1. The summed E-state index contributed by atoms with van der Waals surface area (Å²) < 4.78 is 8.81. The van der Waals surface area contributed by atoms with Crippen LogP contribution in [0, 0.1) is 6.92 Å². The van der Waals surface area contributed by atoms with E-state index in [1.54, 1.807) is 0 Å². The first-order valence-corrected chi connectivity index (χ1v) is 12.0. The quantitative estimate of drug-likeness (QED) is 0.374. The van der Waals surface area contributed by atoms with Crippen LogP contribution in [0.1, 0.15) is 43.6 Å². The third-order valence-corrected chi connectivity index (χ3v) is 6.20. The molecule has 3 rings (SSSR count). The third-order valence-electron chi connectivity index (χ3n) is 4.74. The lowest BCUT2D eigenvalue weighted by molar-refractivity contribution is -0.113. The van der Waals surface area contributed by atoms with Crippen molar-refractivity contribution >= 4 is 39.3 Å². The number of carbonyl (C=O) groups is 1. The summed E-state index contributed by atoms with van der Waals surface area (Å²) in [5, 5.41) is 12.2. The Labute approximate surface area is 195 Å². The number of hydrogen-bond acceptors (Lipinski definition) is 5. The minimum Gasteiger partial charge on any atom is -0.486 e. The fourth-order valence-corrected chi connectivity index (χ4v) is 4.27. The minimum absolute atomic E-state index is 0.0719. The fourth-order valence-electron chi connectivity index (χ4n) is 3.07. The van der Waals surface area contributed by atoms with Crippen molar-refractivity contribution in [2.75, 3.05) is 11.1 Å². The van der Waals surface area contributed by atoms with Gasteiger partial charge < -0.3 is 14.6 Å². The van der Waals surface area contributed by atoms with Gasteiger partial charge in [0.1, 0.15) is 12.4 Å². The van der Waals surface area contributed by atoms with Crippen molar-refractivity contribution < 1.29 is 9.53 Å². The van der Waals surface area contributed by atoms with Crippen LogP contribution in [-0.4, -0.2) is 26.4 Å². The molecule has 31 heavy (non-hydrogen) atoms. The molecule has 1 amide bonds. The van der Waals surface area contributed by atoms with E-state index in [2.05, 4.69) is 45.3 Å². The molecule has 0 aliphatic carbocycles. The molecule has 164 valence electrons. The smallest absolute Gasteiger partial charge is 0.234 e. The standard InChI is InChI=1S/C23H27BrN4O2S/c1-5-28-21(13-30-18-9-6-16(4)7-10-18)26-27-23(28)31-14-22(29)25-20-11-8-17(24)12-19(20)15(2)3/h6-12,15H,5,13-14H2,1-4H3,(H,25,29). The number of aromatic nitrogens is 3. The number of carbonyl (C=O) groups excluding carboxylic acids is 1. The van der Waals surface area contributed by atoms with Crippen LogP contribution in [0.25, 0.3) is 0 Å². The molecule has 0 fully saturated rings. The average Bonchev–Trinajstić information content (AvgIpc) is 3.14. The van der Waals surface area contributed by atoms with Gasteiger partial charge in [0.2, 0.25) is 5.91 Å². The van der Waals surface area contributed by atoms with E-state index in [1.165, 1.54) is 17.3 Å². The van der Waals surface area contributed by atoms with E-state index in [0.29, 0.717) is 24.2 Å². The third kappa shape index (κ3) is 6.33. The lowest BCUT2D eigenvalue weighted by atomic mass is 10.0. The molecular formula is C23H27BrN4O2S. The SMILES string of the molecule is CCn1c(COc2ccc(C)cc2)nnc1SCC(=O)Nc1ccc(Br)cc1C(C)C. The topological polar surface area (TPSA) is 69.0 Å². The molecule has 1 aromatic heterocycles. The molecule has 1 heterocycles. The van der Waals surface area contributed by atoms with Crippen LogP contribution in [0.3, 0.4) is 0 Å². The number of benzene rings is 2. The van der Waals surface area contributed by atoms with Crippen molar-refractivity contribution in [3.8, 4) is 5.75 Å². The molecule has 0 aliphatic rings. The number of thioether (sulfide) groups is 1. The Hall–Kier alpha value is -2.32. The van der Waals surface area contributed by atoms with Gasteiger partial charge in [-0.1, -0.05) is 59.2 Å². The molecule has 6 nitrogen and oxygen atoms in total. The second kappa shape index (κ2) is 10.8. The lowest BCUT2D eigenvalue weighted by Gasteiger charge is -2.14. The number of hydrogen-bond donors (Lipinski definition) is 1. The predicted molar refractivity (Wildman–Crippen MR) is 129 cm³/mol. The van der Waals surface area contributed by atoms with Crippen molar-refractivity contribution in [1.82, 2.24) is 14.8 Å². The van der Waals surface area contributed by atoms with Crippen molar-refractivity contribution in [1.29, 1.82) is 0 Å². The van der Waals surface area contributed by atoms with Crippen LogP contribution in [0.5, 0.6) is 5.75 Å². The average molecular weight is 503 g/mol. The molecule has 8 heteroatoms. The minimum atomic E-state index is -0.0719. The maximum Gasteiger partial charge on any atom is 0.234 e. The molecule has 0 atom stereocenters. The molecule has 2 aromatic carbocycles. The van der Waals surface area contributed by atoms with Gasteiger partial charge in [-0.2, -0.15) is 0 Å². The number of nitrogens with zero attached hydrogens (tertiary/aromatic N) is 3. The molecule has 0 aliphatic heterocycles. The van der Waals surface area contributed by atoms with Gasteiger partial charge in [0.05, 0.1) is 5.75 Å². The van der Waals surface area contributed by atoms with Crippen molar-refractivity contribution in [2.24, 2.45) is 0 Å². The molecule has 0 spiro atoms. The first kappa shape index (κ1) is 23.3. The molecule has 0 radical (unpaired) electrons. The number of amides is 1. The Morgan fingerprint density at radius 3 is 2.61 bits per heavy atom. The van der Waals surface area contributed by atoms with Crippen molar-refractivity contribution in [3.63, 3.8) is 0 Å². The Balaban J connectivity index is 1.60. The van der Waals surface area contributed by atoms with Crippen LogP contribution in [0.15, 0.2) is 52.1 Å². The summed E-state index contributed by atoms with van der Waals surface area (Å²) in [4.78, 5) is 12.6. The van der Waals surface area contributed by atoms with Gasteiger partial charge in [-0.05, 0) is 55.7 Å². The second-order valence-electron chi connectivity index (χ2n) is 7.47. The van der Waals surface area contributed by atoms with Crippen LogP contribution in [0.4, 0.5) is 5.69 Å². The molecule has 0 unspecified atom stereocenters. The van der Waals surface area contributed by atoms with Crippen LogP contribution in [-0.2, 0) is 17.9 Å². The summed E-state index contributed by atoms with van der Waals surface area (Å²) in [7, 11) is 0. The predicted octanol–water partition coefficient (Wildman–Crippen LogP) is 5.80. The normalized spacial score (nSPS) is 11.0. The highest BCUT2D eigenvalue weighted by Gasteiger charge is 2.15. The number of nitrogens with one attached hydrogen (secondary N) is 1. The maximum atomic E-state index is 12.6. The molecule has 0 saturated carbocycles. The summed E-state index contributed by atoms with van der Waals surface area (Å²) in [6.45, 7) is 9.31. The molecule has 0 bridgehead atoms. The highest BCUT2D eigenvalue weighted by atomic mass is 79.9. The fraction of sp³-hybridized carbons (Fsp3) is 0.348. The first-order valence-electron chi connectivity index (χ1n) is 10.2. The second-order valence-corrected chi connectivity index (χ2v) is 9.33. The van der Waals surface area contributed by atoms with Gasteiger partial charge in [-0.3, -0.25) is 4.79 Å². The van der Waals surface area contributed by atoms with Gasteiger partial charge in [-0.25, -0.2) is 0 Å². The molecule has 3 aromatic rings. The largest absolute Gasteiger partial charge is 0.486 e. The Morgan fingerprint density at radius 2 is 1.94 bits per heavy atom. The summed E-state index contributed by atoms with van der Waals surface area (Å²) in [5.74, 6) is 2.02. The first-order chi connectivity index (χ1) is 14.9. The van der Waals surface area contributed by atoms with Gasteiger partial charge in [-0.15, -0.1) is 10.2 Å². The Kier molecular flexibility index (Phi) is 8.15. The number of halogens is 1. The van der Waals surface area contributed by atoms with Gasteiger partial charge >= 0.3 is 0 Å². The lowest BCUT2D eigenvalue weighted by Crippen LogP contribution is -2.16. The van der Waals surface area contributed by atoms with Gasteiger partial charge in [0, 0.05) is 16.7 Å². The van der Waals surface area contributed by atoms with Crippen LogP contribution < -0.4 is 10.1 Å². The molecule has 1 N–H and O–H groups in total. The zero-order chi connectivity index (χ0) is 22.4. The van der Waals surface area contributed by atoms with E-state index < -0.39 is 0 Å². The molecule has 0 saturated heterocycles. The Bertz CT molecular complexity index is 1030. The zero-order valence-corrected chi connectivity index (χ0v) is 20.6. The van der Waals surface area contributed by atoms with Gasteiger partial charge in [0.15, 0.2) is 11.0 Å². The van der Waals surface area contributed by atoms with Gasteiger partial charge in [0.25, 0.3) is 0 Å². The van der Waals surface area contributed by atoms with Crippen molar-refractivity contribution in [2.45, 2.75) is 51.9 Å². The van der Waals surface area contributed by atoms with E-state index in [1.807, 2.05) is 60.9 Å². The summed E-state index contributed by atoms with van der Waals surface area (Å²) >= 11 is 4.87. The van der Waals surface area contributed by atoms with Crippen LogP contribution >= 0.6 is 27.7 Å². The highest BCUT2D eigenvalue weighted by Crippen LogP contribution is 2.28. The van der Waals surface area contributed by atoms with E-state index >= 15 is 0 Å². The summed E-state index contributed by atoms with van der Waals surface area (Å²) in [5.41, 5.74) is 3.12. The zero-order valence-electron chi connectivity index (χ0n) is 18.2. The maximum absolute atomic E-state index is 12.6. The van der Waals surface area contributed by atoms with Crippen LogP contribution in [0.2, 0.25) is 0 Å². The number of rotatable bonds is 9. The summed E-state index contributed by atoms with van der Waals surface area (Å²) in [6, 6.07) is 13.8. The van der Waals surface area contributed by atoms with E-state index in [-0.39, 0.29) is 11.7 Å². The summed E-state index contributed by atoms with van der Waals surface area (Å²) in [6.07, 6.45) is 0. The number of anilines is 1. The number of ether oxygens (including phenoxy) is 1. The van der Waals surface area contributed by atoms with E-state index in [4.69, 9.17) is 4.74 Å². The van der Waals surface area contributed by atoms with E-state index in [0.717, 1.165) is 27.3 Å². The Morgan fingerprint density at radius 1 is 1.19 bits per heavy atom. The van der Waals surface area contributed by atoms with Crippen molar-refractivity contribution in [3.05, 3.63) is 63.9 Å².